The maximum atomic E-state index is 9.20. The van der Waals surface area contributed by atoms with Gasteiger partial charge < -0.3 is 14.0 Å². The van der Waals surface area contributed by atoms with E-state index >= 15 is 0 Å². The Morgan fingerprint density at radius 2 is 2.29 bits per heavy atom. The Balaban J connectivity index is 2.39. The first kappa shape index (κ1) is 8.96. The minimum absolute atomic E-state index is 0.278. The topological polar surface area (TPSA) is 72.3 Å². The van der Waals surface area contributed by atoms with Gasteiger partial charge in [0.25, 0.3) is 5.89 Å². The number of aromatic nitrogens is 2. The second-order valence-electron chi connectivity index (χ2n) is 3.02. The van der Waals surface area contributed by atoms with Gasteiger partial charge in [0.05, 0.1) is 11.8 Å². The molecule has 14 heavy (non-hydrogen) atoms. The molecule has 1 unspecified atom stereocenters. The Bertz CT molecular complexity index is 431. The summed E-state index contributed by atoms with van der Waals surface area (Å²) in [5.74, 6) is 1.36. The summed E-state index contributed by atoms with van der Waals surface area (Å²) in [4.78, 5) is 4.03. The van der Waals surface area contributed by atoms with Crippen molar-refractivity contribution in [2.75, 3.05) is 0 Å². The van der Waals surface area contributed by atoms with Gasteiger partial charge in [-0.05, 0) is 19.9 Å². The van der Waals surface area contributed by atoms with Crippen molar-refractivity contribution in [3.63, 3.8) is 0 Å². The molecule has 2 aromatic heterocycles. The second kappa shape index (κ2) is 3.26. The standard InChI is InChI=1S/C9H10N2O3/c1-5(12)8-10-9(14-11-8)7-3-4-13-6(7)2/h3-5,12H,1-2H3. The van der Waals surface area contributed by atoms with Gasteiger partial charge in [-0.1, -0.05) is 5.16 Å². The zero-order valence-corrected chi connectivity index (χ0v) is 7.89. The molecule has 74 valence electrons. The van der Waals surface area contributed by atoms with Crippen molar-refractivity contribution >= 4 is 0 Å². The first-order valence-electron chi connectivity index (χ1n) is 4.24. The molecule has 2 rings (SSSR count). The number of aliphatic hydroxyl groups excluding tert-OH is 1. The Morgan fingerprint density at radius 3 is 2.79 bits per heavy atom. The molecule has 0 aromatic carbocycles. The van der Waals surface area contributed by atoms with Gasteiger partial charge in [-0.15, -0.1) is 0 Å². The van der Waals surface area contributed by atoms with Crippen molar-refractivity contribution < 1.29 is 14.0 Å². The zero-order valence-electron chi connectivity index (χ0n) is 7.89. The summed E-state index contributed by atoms with van der Waals surface area (Å²) in [5, 5.41) is 12.8. The molecule has 1 N–H and O–H groups in total. The second-order valence-corrected chi connectivity index (χ2v) is 3.02. The minimum atomic E-state index is -0.722. The van der Waals surface area contributed by atoms with Crippen LogP contribution in [0.2, 0.25) is 0 Å². The number of nitrogens with zero attached hydrogens (tertiary/aromatic N) is 2. The molecule has 1 atom stereocenters. The summed E-state index contributed by atoms with van der Waals surface area (Å²) < 4.78 is 10.1. The lowest BCUT2D eigenvalue weighted by Gasteiger charge is -1.91. The summed E-state index contributed by atoms with van der Waals surface area (Å²) in [6, 6.07) is 1.74. The van der Waals surface area contributed by atoms with Crippen molar-refractivity contribution in [3.8, 4) is 11.5 Å². The fourth-order valence-electron chi connectivity index (χ4n) is 1.12. The number of hydrogen-bond acceptors (Lipinski definition) is 5. The number of aryl methyl sites for hydroxylation is 1. The third-order valence-corrected chi connectivity index (χ3v) is 1.90. The van der Waals surface area contributed by atoms with Crippen molar-refractivity contribution in [1.82, 2.24) is 10.1 Å². The Morgan fingerprint density at radius 1 is 1.50 bits per heavy atom. The van der Waals surface area contributed by atoms with Gasteiger partial charge in [0, 0.05) is 0 Å². The quantitative estimate of drug-likeness (QED) is 0.787. The van der Waals surface area contributed by atoms with E-state index in [4.69, 9.17) is 8.94 Å². The molecule has 0 aliphatic carbocycles. The van der Waals surface area contributed by atoms with Crippen LogP contribution < -0.4 is 0 Å². The lowest BCUT2D eigenvalue weighted by Crippen LogP contribution is -1.92. The molecule has 0 bridgehead atoms. The maximum Gasteiger partial charge on any atom is 0.261 e. The molecular weight excluding hydrogens is 184 g/mol. The molecule has 2 aromatic rings. The first-order valence-corrected chi connectivity index (χ1v) is 4.24. The van der Waals surface area contributed by atoms with Gasteiger partial charge >= 0.3 is 0 Å². The SMILES string of the molecule is Cc1occc1-c1nc(C(C)O)no1. The van der Waals surface area contributed by atoms with E-state index in [-0.39, 0.29) is 5.82 Å². The van der Waals surface area contributed by atoms with Crippen molar-refractivity contribution in [2.24, 2.45) is 0 Å². The summed E-state index contributed by atoms with van der Waals surface area (Å²) in [6.45, 7) is 3.39. The molecule has 0 saturated heterocycles. The summed E-state index contributed by atoms with van der Waals surface area (Å²) in [7, 11) is 0. The van der Waals surface area contributed by atoms with Crippen molar-refractivity contribution in [3.05, 3.63) is 23.9 Å². The van der Waals surface area contributed by atoms with E-state index in [2.05, 4.69) is 10.1 Å². The van der Waals surface area contributed by atoms with Crippen molar-refractivity contribution in [1.29, 1.82) is 0 Å². The van der Waals surface area contributed by atoms with Crippen molar-refractivity contribution in [2.45, 2.75) is 20.0 Å². The number of hydrogen-bond donors (Lipinski definition) is 1. The highest BCUT2D eigenvalue weighted by Crippen LogP contribution is 2.23. The largest absolute Gasteiger partial charge is 0.469 e. The van der Waals surface area contributed by atoms with Crippen LogP contribution in [0.4, 0.5) is 0 Å². The van der Waals surface area contributed by atoms with E-state index in [1.54, 1.807) is 19.3 Å². The van der Waals surface area contributed by atoms with Crippen LogP contribution in [0.5, 0.6) is 0 Å². The van der Waals surface area contributed by atoms with Crippen LogP contribution in [0, 0.1) is 6.92 Å². The zero-order chi connectivity index (χ0) is 10.1. The fourth-order valence-corrected chi connectivity index (χ4v) is 1.12. The van der Waals surface area contributed by atoms with Gasteiger partial charge in [0.15, 0.2) is 5.82 Å². The van der Waals surface area contributed by atoms with Gasteiger partial charge in [0.1, 0.15) is 11.9 Å². The monoisotopic (exact) mass is 194 g/mol. The number of aliphatic hydroxyl groups is 1. The Labute approximate surface area is 80.4 Å². The lowest BCUT2D eigenvalue weighted by molar-refractivity contribution is 0.184. The fraction of sp³-hybridized carbons (Fsp3) is 0.333. The van der Waals surface area contributed by atoms with Gasteiger partial charge in [-0.3, -0.25) is 0 Å². The molecule has 0 saturated carbocycles. The molecule has 0 spiro atoms. The van der Waals surface area contributed by atoms with E-state index in [1.165, 1.54) is 0 Å². The van der Waals surface area contributed by atoms with E-state index in [1.807, 2.05) is 6.92 Å². The third-order valence-electron chi connectivity index (χ3n) is 1.90. The normalized spacial score (nSPS) is 13.1. The molecule has 2 heterocycles. The molecule has 0 aliphatic heterocycles. The predicted octanol–water partition coefficient (Wildman–Crippen LogP) is 1.69. The summed E-state index contributed by atoms with van der Waals surface area (Å²) >= 11 is 0. The van der Waals surface area contributed by atoms with Crippen LogP contribution in [0.15, 0.2) is 21.3 Å². The Hall–Kier alpha value is -1.62. The third kappa shape index (κ3) is 1.42. The lowest BCUT2D eigenvalue weighted by atomic mass is 10.2. The van der Waals surface area contributed by atoms with Crippen LogP contribution in [-0.4, -0.2) is 15.2 Å². The van der Waals surface area contributed by atoms with Crippen LogP contribution in [0.1, 0.15) is 24.6 Å². The molecule has 0 amide bonds. The first-order chi connectivity index (χ1) is 6.68. The Kier molecular flexibility index (Phi) is 2.09. The van der Waals surface area contributed by atoms with Crippen LogP contribution in [0.25, 0.3) is 11.5 Å². The highest BCUT2D eigenvalue weighted by Gasteiger charge is 2.15. The minimum Gasteiger partial charge on any atom is -0.469 e. The average Bonchev–Trinajstić information content (AvgIpc) is 2.71. The van der Waals surface area contributed by atoms with Gasteiger partial charge in [-0.2, -0.15) is 4.98 Å². The highest BCUT2D eigenvalue weighted by molar-refractivity contribution is 5.54. The average molecular weight is 194 g/mol. The molecular formula is C9H10N2O3. The van der Waals surface area contributed by atoms with E-state index in [0.29, 0.717) is 11.7 Å². The molecule has 5 heteroatoms. The van der Waals surface area contributed by atoms with E-state index < -0.39 is 6.10 Å². The van der Waals surface area contributed by atoms with E-state index in [0.717, 1.165) is 5.56 Å². The smallest absolute Gasteiger partial charge is 0.261 e. The maximum absolute atomic E-state index is 9.20. The molecule has 5 nitrogen and oxygen atoms in total. The van der Waals surface area contributed by atoms with Crippen LogP contribution >= 0.6 is 0 Å². The summed E-state index contributed by atoms with van der Waals surface area (Å²) in [6.07, 6.45) is 0.830. The summed E-state index contributed by atoms with van der Waals surface area (Å²) in [5.41, 5.74) is 0.754. The molecule has 0 aliphatic rings. The van der Waals surface area contributed by atoms with Gasteiger partial charge in [0.2, 0.25) is 0 Å². The highest BCUT2D eigenvalue weighted by atomic mass is 16.5. The number of rotatable bonds is 2. The molecule has 0 radical (unpaired) electrons. The van der Waals surface area contributed by atoms with E-state index in [9.17, 15) is 5.11 Å². The van der Waals surface area contributed by atoms with Gasteiger partial charge in [-0.25, -0.2) is 0 Å². The van der Waals surface area contributed by atoms with Crippen LogP contribution in [-0.2, 0) is 0 Å². The predicted molar refractivity (Wildman–Crippen MR) is 47.4 cm³/mol. The molecule has 0 fully saturated rings. The number of furan rings is 1. The van der Waals surface area contributed by atoms with Crippen LogP contribution in [0.3, 0.4) is 0 Å².